The molecule has 4 aliphatic heterocycles. The highest BCUT2D eigenvalue weighted by Crippen LogP contribution is 2.59. The number of hydrogen-bond donors (Lipinski definition) is 1. The number of benzene rings is 1. The molecule has 1 aromatic carbocycles. The first-order valence-corrected chi connectivity index (χ1v) is 14.5. The molecule has 0 aromatic heterocycles. The Labute approximate surface area is 231 Å². The van der Waals surface area contributed by atoms with E-state index in [1.807, 2.05) is 68.5 Å². The summed E-state index contributed by atoms with van der Waals surface area (Å²) in [6.07, 6.45) is 10.5. The summed E-state index contributed by atoms with van der Waals surface area (Å²) in [5, 5.41) is 10.3. The van der Waals surface area contributed by atoms with Crippen LogP contribution in [0.15, 0.2) is 54.6 Å². The number of carbonyl (C=O) groups is 3. The Kier molecular flexibility index (Phi) is 7.71. The van der Waals surface area contributed by atoms with Crippen molar-refractivity contribution in [1.29, 1.82) is 0 Å². The highest BCUT2D eigenvalue weighted by Gasteiger charge is 2.75. The number of rotatable bonds is 9. The molecule has 4 aliphatic rings. The Morgan fingerprint density at radius 2 is 1.67 bits per heavy atom. The fraction of sp³-hybridized carbons (Fsp3) is 0.581. The molecule has 1 spiro atoms. The van der Waals surface area contributed by atoms with Crippen LogP contribution >= 0.6 is 0 Å². The van der Waals surface area contributed by atoms with E-state index in [1.54, 1.807) is 14.7 Å². The zero-order valence-corrected chi connectivity index (χ0v) is 23.3. The van der Waals surface area contributed by atoms with E-state index in [9.17, 15) is 19.5 Å². The van der Waals surface area contributed by atoms with Crippen molar-refractivity contribution in [2.24, 2.45) is 11.8 Å². The van der Waals surface area contributed by atoms with Crippen LogP contribution in [0.4, 0.5) is 0 Å². The number of unbranched alkanes of at least 4 members (excludes halogenated alkanes) is 1. The molecule has 6 atom stereocenters. The first-order chi connectivity index (χ1) is 18.9. The summed E-state index contributed by atoms with van der Waals surface area (Å²) >= 11 is 0. The van der Waals surface area contributed by atoms with Crippen molar-refractivity contribution in [3.05, 3.63) is 60.2 Å². The SMILES string of the molecule is CCCCN1CC=C[C@]23O[C@]4(CC)C=CCN(Cc5ccccc5)C(=O)[C@@H]4[C@H]2C(=O)N([C@@H](CC)CO)C3C1=O. The Bertz CT molecular complexity index is 1150. The van der Waals surface area contributed by atoms with Crippen molar-refractivity contribution >= 4 is 17.7 Å². The van der Waals surface area contributed by atoms with Crippen LogP contribution in [0.1, 0.15) is 52.0 Å². The molecule has 8 heteroatoms. The van der Waals surface area contributed by atoms with Gasteiger partial charge in [0, 0.05) is 26.2 Å². The second kappa shape index (κ2) is 10.9. The van der Waals surface area contributed by atoms with E-state index in [4.69, 9.17) is 4.74 Å². The fourth-order valence-electron chi connectivity index (χ4n) is 7.10. The van der Waals surface area contributed by atoms with Gasteiger partial charge >= 0.3 is 0 Å². The normalized spacial score (nSPS) is 32.7. The molecule has 4 heterocycles. The number of fused-ring (bicyclic) bond motifs is 2. The van der Waals surface area contributed by atoms with Crippen LogP contribution in [-0.4, -0.2) is 87.1 Å². The summed E-state index contributed by atoms with van der Waals surface area (Å²) in [6, 6.07) is 8.36. The minimum Gasteiger partial charge on any atom is -0.394 e. The predicted octanol–water partition coefficient (Wildman–Crippen LogP) is 2.92. The second-order valence-corrected chi connectivity index (χ2v) is 11.3. The predicted molar refractivity (Wildman–Crippen MR) is 147 cm³/mol. The van der Waals surface area contributed by atoms with Crippen LogP contribution in [0.5, 0.6) is 0 Å². The molecular formula is C31H41N3O5. The number of aliphatic hydroxyl groups is 1. The molecule has 0 aliphatic carbocycles. The lowest BCUT2D eigenvalue weighted by atomic mass is 9.73. The smallest absolute Gasteiger partial charge is 0.249 e. The summed E-state index contributed by atoms with van der Waals surface area (Å²) in [5.41, 5.74) is -1.28. The van der Waals surface area contributed by atoms with Gasteiger partial charge < -0.3 is 24.5 Å². The van der Waals surface area contributed by atoms with Crippen LogP contribution in [0.25, 0.3) is 0 Å². The standard InChI is InChI=1S/C31H41N3O5/c1-4-7-17-32-18-12-16-31-25(28(37)34(23(5-2)21-35)26(31)29(32)38)24-27(36)33(20-22-13-9-8-10-14-22)19-11-15-30(24,6-3)39-31/h8-16,23-26,35H,4-7,17-21H2,1-3H3/t23-,24-,25-,26?,30+,31-/m0/s1. The van der Waals surface area contributed by atoms with Gasteiger partial charge in [0.2, 0.25) is 17.7 Å². The van der Waals surface area contributed by atoms with E-state index in [-0.39, 0.29) is 24.3 Å². The zero-order valence-electron chi connectivity index (χ0n) is 23.3. The quantitative estimate of drug-likeness (QED) is 0.491. The molecule has 1 unspecified atom stereocenters. The first-order valence-electron chi connectivity index (χ1n) is 14.5. The largest absolute Gasteiger partial charge is 0.394 e. The third-order valence-corrected chi connectivity index (χ3v) is 9.12. The van der Waals surface area contributed by atoms with Gasteiger partial charge in [-0.2, -0.15) is 0 Å². The average Bonchev–Trinajstić information content (AvgIpc) is 3.25. The van der Waals surface area contributed by atoms with E-state index in [0.29, 0.717) is 39.0 Å². The zero-order chi connectivity index (χ0) is 27.8. The van der Waals surface area contributed by atoms with E-state index in [1.165, 1.54) is 0 Å². The van der Waals surface area contributed by atoms with E-state index >= 15 is 0 Å². The van der Waals surface area contributed by atoms with Gasteiger partial charge in [0.15, 0.2) is 0 Å². The highest BCUT2D eigenvalue weighted by molar-refractivity contribution is 6.00. The first kappa shape index (κ1) is 27.6. The van der Waals surface area contributed by atoms with Gasteiger partial charge in [0.25, 0.3) is 0 Å². The number of ether oxygens (including phenoxy) is 1. The third-order valence-electron chi connectivity index (χ3n) is 9.12. The topological polar surface area (TPSA) is 90.4 Å². The van der Waals surface area contributed by atoms with Crippen molar-refractivity contribution in [3.63, 3.8) is 0 Å². The summed E-state index contributed by atoms with van der Waals surface area (Å²) in [4.78, 5) is 48.2. The fourth-order valence-corrected chi connectivity index (χ4v) is 7.10. The number of likely N-dealkylation sites (tertiary alicyclic amines) is 1. The lowest BCUT2D eigenvalue weighted by molar-refractivity contribution is -0.157. The lowest BCUT2D eigenvalue weighted by Gasteiger charge is -2.40. The molecule has 0 bridgehead atoms. The summed E-state index contributed by atoms with van der Waals surface area (Å²) in [7, 11) is 0. The molecule has 0 radical (unpaired) electrons. The number of aliphatic hydroxyl groups excluding tert-OH is 1. The van der Waals surface area contributed by atoms with Crippen molar-refractivity contribution in [3.8, 4) is 0 Å². The van der Waals surface area contributed by atoms with Crippen molar-refractivity contribution in [2.75, 3.05) is 26.2 Å². The number of hydrogen-bond acceptors (Lipinski definition) is 5. The van der Waals surface area contributed by atoms with Gasteiger partial charge in [-0.1, -0.05) is 81.8 Å². The third kappa shape index (κ3) is 4.32. The van der Waals surface area contributed by atoms with Gasteiger partial charge in [-0.15, -0.1) is 0 Å². The van der Waals surface area contributed by atoms with E-state index < -0.39 is 35.1 Å². The van der Waals surface area contributed by atoms with Gasteiger partial charge in [-0.3, -0.25) is 14.4 Å². The lowest BCUT2D eigenvalue weighted by Crippen LogP contribution is -2.58. The maximum absolute atomic E-state index is 14.5. The molecule has 8 nitrogen and oxygen atoms in total. The van der Waals surface area contributed by atoms with Crippen LogP contribution < -0.4 is 0 Å². The molecule has 3 amide bonds. The molecule has 5 rings (SSSR count). The van der Waals surface area contributed by atoms with Crippen molar-refractivity contribution < 1.29 is 24.2 Å². The molecule has 39 heavy (non-hydrogen) atoms. The van der Waals surface area contributed by atoms with Crippen LogP contribution in [-0.2, 0) is 25.7 Å². The van der Waals surface area contributed by atoms with Gasteiger partial charge in [0.05, 0.1) is 30.1 Å². The second-order valence-electron chi connectivity index (χ2n) is 11.3. The Balaban J connectivity index is 1.62. The van der Waals surface area contributed by atoms with Crippen molar-refractivity contribution in [1.82, 2.24) is 14.7 Å². The summed E-state index contributed by atoms with van der Waals surface area (Å²) in [6.45, 7) is 7.56. The molecule has 0 saturated carbocycles. The highest BCUT2D eigenvalue weighted by atomic mass is 16.5. The molecule has 1 aromatic rings. The van der Waals surface area contributed by atoms with Gasteiger partial charge in [0.1, 0.15) is 11.6 Å². The van der Waals surface area contributed by atoms with Crippen molar-refractivity contribution in [2.45, 2.75) is 76.3 Å². The van der Waals surface area contributed by atoms with Gasteiger partial charge in [-0.05, 0) is 24.8 Å². The Morgan fingerprint density at radius 3 is 2.33 bits per heavy atom. The average molecular weight is 536 g/mol. The van der Waals surface area contributed by atoms with E-state index in [0.717, 1.165) is 18.4 Å². The molecule has 2 fully saturated rings. The Morgan fingerprint density at radius 1 is 0.949 bits per heavy atom. The number of carbonyl (C=O) groups excluding carboxylic acids is 3. The van der Waals surface area contributed by atoms with E-state index in [2.05, 4.69) is 6.92 Å². The Hall–Kier alpha value is -2.97. The van der Waals surface area contributed by atoms with Crippen LogP contribution in [0.3, 0.4) is 0 Å². The molecule has 1 N–H and O–H groups in total. The molecule has 210 valence electrons. The number of amides is 3. The maximum Gasteiger partial charge on any atom is 0.249 e. The summed E-state index contributed by atoms with van der Waals surface area (Å²) < 4.78 is 7.00. The van der Waals surface area contributed by atoms with Crippen LogP contribution in [0.2, 0.25) is 0 Å². The number of nitrogens with zero attached hydrogens (tertiary/aromatic N) is 3. The minimum atomic E-state index is -1.28. The monoisotopic (exact) mass is 535 g/mol. The maximum atomic E-state index is 14.5. The summed E-state index contributed by atoms with van der Waals surface area (Å²) in [5.74, 6) is -2.22. The molecule has 2 saturated heterocycles. The minimum absolute atomic E-state index is 0.133. The van der Waals surface area contributed by atoms with Gasteiger partial charge in [-0.25, -0.2) is 0 Å². The molecular weight excluding hydrogens is 494 g/mol. The van der Waals surface area contributed by atoms with Crippen LogP contribution in [0, 0.1) is 11.8 Å².